The number of nitrogens with zero attached hydrogens (tertiary/aromatic N) is 2. The predicted molar refractivity (Wildman–Crippen MR) is 84.0 cm³/mol. The fourth-order valence-electron chi connectivity index (χ4n) is 2.92. The summed E-state index contributed by atoms with van der Waals surface area (Å²) in [6, 6.07) is 2.22. The summed E-state index contributed by atoms with van der Waals surface area (Å²) in [5.74, 6) is -0.604. The van der Waals surface area contributed by atoms with Gasteiger partial charge in [-0.3, -0.25) is 0 Å². The zero-order valence-electron chi connectivity index (χ0n) is 12.0. The third kappa shape index (κ3) is 2.55. The molecule has 2 aromatic rings. The topological polar surface area (TPSA) is 17.8 Å². The van der Waals surface area contributed by atoms with E-state index in [1.165, 1.54) is 12.5 Å². The minimum atomic E-state index is -0.630. The summed E-state index contributed by atoms with van der Waals surface area (Å²) in [5.41, 5.74) is 0.699. The van der Waals surface area contributed by atoms with Crippen LogP contribution in [0.2, 0.25) is 0 Å². The standard InChI is InChI=1S/C15H17ClF2N2S/c1-9(16)14-19-13-11(18)6-10(17)7-12(13)20(14)8-15(21-2)4-3-5-15/h6-7,9H,3-5,8H2,1-2H3. The molecule has 0 radical (unpaired) electrons. The molecule has 0 N–H and O–H groups in total. The second-order valence-electron chi connectivity index (χ2n) is 5.67. The van der Waals surface area contributed by atoms with Gasteiger partial charge in [-0.15, -0.1) is 11.6 Å². The number of rotatable bonds is 4. The lowest BCUT2D eigenvalue weighted by atomic mass is 9.84. The predicted octanol–water partition coefficient (Wildman–Crippen LogP) is 4.90. The maximum absolute atomic E-state index is 14.0. The van der Waals surface area contributed by atoms with Crippen molar-refractivity contribution in [3.63, 3.8) is 0 Å². The molecular formula is C15H17ClF2N2S. The molecule has 1 aromatic carbocycles. The van der Waals surface area contributed by atoms with Gasteiger partial charge >= 0.3 is 0 Å². The normalized spacial score (nSPS) is 18.7. The van der Waals surface area contributed by atoms with Crippen LogP contribution < -0.4 is 0 Å². The summed E-state index contributed by atoms with van der Waals surface area (Å²) >= 11 is 8.01. The average molecular weight is 331 g/mol. The molecule has 1 unspecified atom stereocenters. The number of alkyl halides is 1. The van der Waals surface area contributed by atoms with E-state index in [0.29, 0.717) is 17.9 Å². The highest BCUT2D eigenvalue weighted by Gasteiger charge is 2.38. The maximum atomic E-state index is 14.0. The number of fused-ring (bicyclic) bond motifs is 1. The van der Waals surface area contributed by atoms with Crippen molar-refractivity contribution >= 4 is 34.4 Å². The number of hydrogen-bond donors (Lipinski definition) is 0. The molecule has 1 fully saturated rings. The molecule has 0 bridgehead atoms. The van der Waals surface area contributed by atoms with E-state index in [4.69, 9.17) is 11.6 Å². The number of hydrogen-bond acceptors (Lipinski definition) is 2. The Morgan fingerprint density at radius 3 is 2.67 bits per heavy atom. The number of halogens is 3. The molecule has 21 heavy (non-hydrogen) atoms. The SMILES string of the molecule is CSC1(Cn2c(C(C)Cl)nc3c(F)cc(F)cc32)CCC1. The van der Waals surface area contributed by atoms with E-state index >= 15 is 0 Å². The summed E-state index contributed by atoms with van der Waals surface area (Å²) < 4.78 is 29.6. The van der Waals surface area contributed by atoms with E-state index in [2.05, 4.69) is 11.2 Å². The van der Waals surface area contributed by atoms with Crippen molar-refractivity contribution in [1.29, 1.82) is 0 Å². The first-order chi connectivity index (χ1) is 9.96. The second-order valence-corrected chi connectivity index (χ2v) is 7.60. The minimum Gasteiger partial charge on any atom is -0.325 e. The lowest BCUT2D eigenvalue weighted by molar-refractivity contribution is 0.321. The van der Waals surface area contributed by atoms with Crippen molar-refractivity contribution in [3.8, 4) is 0 Å². The van der Waals surface area contributed by atoms with Gasteiger partial charge in [0.2, 0.25) is 0 Å². The summed E-state index contributed by atoms with van der Waals surface area (Å²) in [4.78, 5) is 4.31. The van der Waals surface area contributed by atoms with Gasteiger partial charge in [0.05, 0.1) is 10.9 Å². The van der Waals surface area contributed by atoms with Crippen LogP contribution in [0.3, 0.4) is 0 Å². The summed E-state index contributed by atoms with van der Waals surface area (Å²) in [6.45, 7) is 2.50. The van der Waals surface area contributed by atoms with Crippen LogP contribution in [0.25, 0.3) is 11.0 Å². The summed E-state index contributed by atoms with van der Waals surface area (Å²) in [5, 5.41) is -0.348. The molecule has 1 aliphatic rings. The number of aromatic nitrogens is 2. The van der Waals surface area contributed by atoms with Gasteiger partial charge in [0.25, 0.3) is 0 Å². The lowest BCUT2D eigenvalue weighted by Crippen LogP contribution is -2.38. The molecule has 1 atom stereocenters. The van der Waals surface area contributed by atoms with Gasteiger partial charge in [-0.05, 0) is 32.1 Å². The molecule has 3 rings (SSSR count). The van der Waals surface area contributed by atoms with Gasteiger partial charge < -0.3 is 4.57 Å². The van der Waals surface area contributed by atoms with Crippen LogP contribution in [0.4, 0.5) is 8.78 Å². The van der Waals surface area contributed by atoms with Crippen LogP contribution in [-0.4, -0.2) is 20.6 Å². The van der Waals surface area contributed by atoms with Crippen molar-refractivity contribution in [2.75, 3.05) is 6.26 Å². The third-order valence-electron chi connectivity index (χ3n) is 4.30. The highest BCUT2D eigenvalue weighted by Crippen LogP contribution is 2.45. The van der Waals surface area contributed by atoms with E-state index in [-0.39, 0.29) is 15.6 Å². The smallest absolute Gasteiger partial charge is 0.153 e. The van der Waals surface area contributed by atoms with Gasteiger partial charge in [-0.25, -0.2) is 13.8 Å². The van der Waals surface area contributed by atoms with Crippen molar-refractivity contribution in [2.24, 2.45) is 0 Å². The first-order valence-corrected chi connectivity index (χ1v) is 8.66. The Bertz CT molecular complexity index is 674. The quantitative estimate of drug-likeness (QED) is 0.742. The van der Waals surface area contributed by atoms with Crippen LogP contribution in [0, 0.1) is 11.6 Å². The highest BCUT2D eigenvalue weighted by molar-refractivity contribution is 8.00. The van der Waals surface area contributed by atoms with Crippen molar-refractivity contribution in [3.05, 3.63) is 29.6 Å². The Kier molecular flexibility index (Phi) is 3.91. The van der Waals surface area contributed by atoms with Crippen LogP contribution >= 0.6 is 23.4 Å². The first-order valence-electron chi connectivity index (χ1n) is 7.00. The minimum absolute atomic E-state index is 0.136. The highest BCUT2D eigenvalue weighted by atomic mass is 35.5. The molecule has 2 nitrogen and oxygen atoms in total. The molecule has 1 saturated carbocycles. The molecule has 1 aliphatic carbocycles. The molecule has 6 heteroatoms. The van der Waals surface area contributed by atoms with E-state index in [0.717, 1.165) is 18.9 Å². The van der Waals surface area contributed by atoms with Gasteiger partial charge in [0.15, 0.2) is 5.82 Å². The molecular weight excluding hydrogens is 314 g/mol. The third-order valence-corrected chi connectivity index (χ3v) is 5.90. The van der Waals surface area contributed by atoms with Crippen LogP contribution in [0.15, 0.2) is 12.1 Å². The Labute approximate surface area is 131 Å². The van der Waals surface area contributed by atoms with E-state index in [1.54, 1.807) is 6.92 Å². The average Bonchev–Trinajstić information content (AvgIpc) is 2.73. The summed E-state index contributed by atoms with van der Waals surface area (Å²) in [7, 11) is 0. The van der Waals surface area contributed by atoms with Crippen LogP contribution in [-0.2, 0) is 6.54 Å². The van der Waals surface area contributed by atoms with Crippen molar-refractivity contribution in [1.82, 2.24) is 9.55 Å². The molecule has 0 saturated heterocycles. The van der Waals surface area contributed by atoms with E-state index in [9.17, 15) is 8.78 Å². The van der Waals surface area contributed by atoms with E-state index in [1.807, 2.05) is 16.3 Å². The number of benzene rings is 1. The van der Waals surface area contributed by atoms with Crippen molar-refractivity contribution in [2.45, 2.75) is 42.9 Å². The van der Waals surface area contributed by atoms with Gasteiger partial charge in [-0.1, -0.05) is 6.42 Å². The Morgan fingerprint density at radius 2 is 2.14 bits per heavy atom. The summed E-state index contributed by atoms with van der Waals surface area (Å²) in [6.07, 6.45) is 5.51. The second kappa shape index (κ2) is 5.43. The van der Waals surface area contributed by atoms with Crippen LogP contribution in [0.1, 0.15) is 37.4 Å². The van der Waals surface area contributed by atoms with E-state index < -0.39 is 11.6 Å². The fourth-order valence-corrected chi connectivity index (χ4v) is 4.04. The largest absolute Gasteiger partial charge is 0.325 e. The maximum Gasteiger partial charge on any atom is 0.153 e. The molecule has 1 aromatic heterocycles. The monoisotopic (exact) mass is 330 g/mol. The van der Waals surface area contributed by atoms with Crippen molar-refractivity contribution < 1.29 is 8.78 Å². The van der Waals surface area contributed by atoms with Crippen LogP contribution in [0.5, 0.6) is 0 Å². The Hall–Kier alpha value is -0.810. The number of imidazole rings is 1. The van der Waals surface area contributed by atoms with Gasteiger partial charge in [0, 0.05) is 17.4 Å². The first kappa shape index (κ1) is 15.1. The zero-order chi connectivity index (χ0) is 15.2. The molecule has 114 valence electrons. The van der Waals surface area contributed by atoms with Gasteiger partial charge in [0.1, 0.15) is 17.2 Å². The fraction of sp³-hybridized carbons (Fsp3) is 0.533. The molecule has 0 aliphatic heterocycles. The molecule has 0 amide bonds. The Balaban J connectivity index is 2.16. The molecule has 0 spiro atoms. The lowest BCUT2D eigenvalue weighted by Gasteiger charge is -2.41. The number of thioether (sulfide) groups is 1. The zero-order valence-corrected chi connectivity index (χ0v) is 13.6. The Morgan fingerprint density at radius 1 is 1.43 bits per heavy atom. The molecule has 1 heterocycles. The van der Waals surface area contributed by atoms with Gasteiger partial charge in [-0.2, -0.15) is 11.8 Å².